The maximum Gasteiger partial charge on any atom is 0.128 e. The first-order chi connectivity index (χ1) is 10.3. The van der Waals surface area contributed by atoms with Gasteiger partial charge in [0, 0.05) is 50.6 Å². The summed E-state index contributed by atoms with van der Waals surface area (Å²) in [5, 5.41) is 3.45. The Kier molecular flexibility index (Phi) is 3.30. The molecule has 0 atom stereocenters. The highest BCUT2D eigenvalue weighted by Crippen LogP contribution is 2.35. The highest BCUT2D eigenvalue weighted by atomic mass is 15.2. The summed E-state index contributed by atoms with van der Waals surface area (Å²) in [5.41, 5.74) is 2.69. The molecule has 1 aliphatic heterocycles. The van der Waals surface area contributed by atoms with Gasteiger partial charge >= 0.3 is 0 Å². The van der Waals surface area contributed by atoms with E-state index >= 15 is 0 Å². The van der Waals surface area contributed by atoms with Crippen LogP contribution in [0, 0.1) is 0 Å². The Hall–Kier alpha value is -1.62. The lowest BCUT2D eigenvalue weighted by atomic mass is 10.1. The lowest BCUT2D eigenvalue weighted by molar-refractivity contribution is 0.562. The minimum atomic E-state index is 0.649. The maximum atomic E-state index is 5.01. The molecule has 1 fully saturated rings. The van der Waals surface area contributed by atoms with Gasteiger partial charge in [-0.05, 0) is 12.8 Å². The fraction of sp³-hybridized carbons (Fsp3) is 0.625. The number of rotatable bonds is 3. The van der Waals surface area contributed by atoms with Gasteiger partial charge in [-0.15, -0.1) is 0 Å². The Balaban J connectivity index is 1.75. The second kappa shape index (κ2) is 5.30. The molecular weight excluding hydrogens is 262 g/mol. The summed E-state index contributed by atoms with van der Waals surface area (Å²) in [7, 11) is 2.07. The number of fused-ring (bicyclic) bond motifs is 1. The van der Waals surface area contributed by atoms with Crippen molar-refractivity contribution in [2.45, 2.75) is 51.1 Å². The van der Waals surface area contributed by atoms with Gasteiger partial charge in [0.2, 0.25) is 0 Å². The predicted octanol–water partition coefficient (Wildman–Crippen LogP) is 1.97. The molecule has 112 valence electrons. The van der Waals surface area contributed by atoms with Gasteiger partial charge in [-0.2, -0.15) is 0 Å². The third kappa shape index (κ3) is 2.29. The zero-order valence-corrected chi connectivity index (χ0v) is 12.7. The summed E-state index contributed by atoms with van der Waals surface area (Å²) in [6, 6.07) is 0. The molecule has 3 heterocycles. The first-order valence-corrected chi connectivity index (χ1v) is 8.08. The van der Waals surface area contributed by atoms with Gasteiger partial charge in [0.25, 0.3) is 0 Å². The molecule has 0 aromatic carbocycles. The molecule has 0 spiro atoms. The van der Waals surface area contributed by atoms with Crippen LogP contribution in [0.4, 0.5) is 0 Å². The average Bonchev–Trinajstić information content (AvgIpc) is 3.21. The van der Waals surface area contributed by atoms with E-state index in [0.717, 1.165) is 31.9 Å². The minimum Gasteiger partial charge on any atom is -0.337 e. The minimum absolute atomic E-state index is 0.649. The molecule has 0 amide bonds. The molecule has 5 nitrogen and oxygen atoms in total. The Labute approximate surface area is 125 Å². The van der Waals surface area contributed by atoms with E-state index in [1.54, 1.807) is 0 Å². The van der Waals surface area contributed by atoms with Crippen molar-refractivity contribution < 1.29 is 0 Å². The van der Waals surface area contributed by atoms with Crippen LogP contribution >= 0.6 is 0 Å². The zero-order valence-electron chi connectivity index (χ0n) is 12.7. The van der Waals surface area contributed by atoms with Gasteiger partial charge in [-0.1, -0.05) is 12.8 Å². The largest absolute Gasteiger partial charge is 0.337 e. The highest BCUT2D eigenvalue weighted by Gasteiger charge is 2.27. The third-order valence-electron chi connectivity index (χ3n) is 4.96. The van der Waals surface area contributed by atoms with Crippen LogP contribution in [0.3, 0.4) is 0 Å². The Morgan fingerprint density at radius 3 is 2.95 bits per heavy atom. The van der Waals surface area contributed by atoms with Crippen molar-refractivity contribution in [3.05, 3.63) is 35.4 Å². The second-order valence-electron chi connectivity index (χ2n) is 6.31. The van der Waals surface area contributed by atoms with Crippen molar-refractivity contribution in [1.82, 2.24) is 24.4 Å². The van der Waals surface area contributed by atoms with Crippen LogP contribution in [-0.2, 0) is 26.6 Å². The summed E-state index contributed by atoms with van der Waals surface area (Å²) < 4.78 is 4.58. The van der Waals surface area contributed by atoms with Crippen molar-refractivity contribution in [3.63, 3.8) is 0 Å². The third-order valence-corrected chi connectivity index (χ3v) is 4.96. The number of hydrogen-bond donors (Lipinski definition) is 1. The predicted molar refractivity (Wildman–Crippen MR) is 81.2 cm³/mol. The molecule has 0 saturated heterocycles. The summed E-state index contributed by atoms with van der Waals surface area (Å²) in [6.07, 6.45) is 10.3. The average molecular weight is 285 g/mol. The van der Waals surface area contributed by atoms with E-state index in [1.165, 1.54) is 42.9 Å². The zero-order chi connectivity index (χ0) is 14.2. The molecule has 2 aliphatic rings. The lowest BCUT2D eigenvalue weighted by Gasteiger charge is -2.17. The molecule has 1 aliphatic carbocycles. The molecule has 0 bridgehead atoms. The van der Waals surface area contributed by atoms with Crippen LogP contribution in [-0.4, -0.2) is 25.6 Å². The number of hydrogen-bond acceptors (Lipinski definition) is 3. The maximum absolute atomic E-state index is 5.01. The van der Waals surface area contributed by atoms with Gasteiger partial charge in [-0.25, -0.2) is 9.97 Å². The van der Waals surface area contributed by atoms with Crippen molar-refractivity contribution in [2.75, 3.05) is 6.54 Å². The Morgan fingerprint density at radius 1 is 1.33 bits per heavy atom. The van der Waals surface area contributed by atoms with Crippen LogP contribution in [0.5, 0.6) is 0 Å². The standard InChI is InChI=1S/C16H23N5/c1-20-9-8-18-15(20)11-21-14-6-7-17-10-13(14)19-16(21)12-4-2-3-5-12/h8-9,12,17H,2-7,10-11H2,1H3. The molecule has 5 heteroatoms. The number of imidazole rings is 2. The fourth-order valence-corrected chi connectivity index (χ4v) is 3.75. The number of nitrogens with zero attached hydrogens (tertiary/aromatic N) is 4. The van der Waals surface area contributed by atoms with Gasteiger partial charge in [-0.3, -0.25) is 0 Å². The van der Waals surface area contributed by atoms with E-state index < -0.39 is 0 Å². The molecule has 4 rings (SSSR count). The fourth-order valence-electron chi connectivity index (χ4n) is 3.75. The van der Waals surface area contributed by atoms with Gasteiger partial charge in [0.05, 0.1) is 12.2 Å². The van der Waals surface area contributed by atoms with E-state index in [-0.39, 0.29) is 0 Å². The quantitative estimate of drug-likeness (QED) is 0.938. The summed E-state index contributed by atoms with van der Waals surface area (Å²) in [5.74, 6) is 3.08. The second-order valence-corrected chi connectivity index (χ2v) is 6.31. The molecule has 2 aromatic heterocycles. The Morgan fingerprint density at radius 2 is 2.19 bits per heavy atom. The van der Waals surface area contributed by atoms with Crippen LogP contribution in [0.1, 0.15) is 54.6 Å². The number of nitrogens with one attached hydrogen (secondary N) is 1. The molecule has 21 heavy (non-hydrogen) atoms. The van der Waals surface area contributed by atoms with Crippen molar-refractivity contribution >= 4 is 0 Å². The Bertz CT molecular complexity index is 633. The van der Waals surface area contributed by atoms with E-state index in [4.69, 9.17) is 4.98 Å². The molecule has 1 N–H and O–H groups in total. The molecule has 1 saturated carbocycles. The summed E-state index contributed by atoms with van der Waals surface area (Å²) in [4.78, 5) is 9.51. The van der Waals surface area contributed by atoms with E-state index in [0.29, 0.717) is 5.92 Å². The van der Waals surface area contributed by atoms with E-state index in [9.17, 15) is 0 Å². The monoisotopic (exact) mass is 285 g/mol. The number of aryl methyl sites for hydroxylation is 1. The summed E-state index contributed by atoms with van der Waals surface area (Å²) in [6.45, 7) is 2.84. The first kappa shape index (κ1) is 13.1. The first-order valence-electron chi connectivity index (χ1n) is 8.08. The molecule has 2 aromatic rings. The molecular formula is C16H23N5. The molecule has 0 radical (unpaired) electrons. The van der Waals surface area contributed by atoms with Gasteiger partial charge in [0.1, 0.15) is 11.6 Å². The highest BCUT2D eigenvalue weighted by molar-refractivity contribution is 5.23. The SMILES string of the molecule is Cn1ccnc1Cn1c(C2CCCC2)nc2c1CCNC2. The van der Waals surface area contributed by atoms with Crippen LogP contribution in [0.15, 0.2) is 12.4 Å². The topological polar surface area (TPSA) is 47.7 Å². The lowest BCUT2D eigenvalue weighted by Crippen LogP contribution is -2.25. The van der Waals surface area contributed by atoms with E-state index in [1.807, 2.05) is 12.4 Å². The van der Waals surface area contributed by atoms with Crippen molar-refractivity contribution in [2.24, 2.45) is 7.05 Å². The van der Waals surface area contributed by atoms with Crippen molar-refractivity contribution in [1.29, 1.82) is 0 Å². The van der Waals surface area contributed by atoms with Gasteiger partial charge < -0.3 is 14.5 Å². The van der Waals surface area contributed by atoms with E-state index in [2.05, 4.69) is 26.5 Å². The smallest absolute Gasteiger partial charge is 0.128 e. The summed E-state index contributed by atoms with van der Waals surface area (Å²) >= 11 is 0. The molecule has 0 unspecified atom stereocenters. The normalized spacial score (nSPS) is 19.1. The van der Waals surface area contributed by atoms with Crippen LogP contribution in [0.25, 0.3) is 0 Å². The van der Waals surface area contributed by atoms with Gasteiger partial charge in [0.15, 0.2) is 0 Å². The van der Waals surface area contributed by atoms with Crippen LogP contribution in [0.2, 0.25) is 0 Å². The van der Waals surface area contributed by atoms with Crippen LogP contribution < -0.4 is 5.32 Å². The van der Waals surface area contributed by atoms with Crippen molar-refractivity contribution in [3.8, 4) is 0 Å². The number of aromatic nitrogens is 4.